The van der Waals surface area contributed by atoms with Gasteiger partial charge in [0.2, 0.25) is 0 Å². The van der Waals surface area contributed by atoms with E-state index in [9.17, 15) is 0 Å². The summed E-state index contributed by atoms with van der Waals surface area (Å²) in [5, 5.41) is 3.88. The number of benzene rings is 4. The Morgan fingerprint density at radius 3 is 2.30 bits per heavy atom. The minimum atomic E-state index is 0.639. The van der Waals surface area contributed by atoms with Crippen molar-refractivity contribution in [3.8, 4) is 22.3 Å². The number of allylic oxidation sites excluding steroid dienone is 4. The maximum absolute atomic E-state index is 4.05. The summed E-state index contributed by atoms with van der Waals surface area (Å²) in [7, 11) is 0. The van der Waals surface area contributed by atoms with E-state index < -0.39 is 0 Å². The molecular weight excluding hydrogens is 484 g/mol. The van der Waals surface area contributed by atoms with E-state index in [1.54, 1.807) is 0 Å². The lowest BCUT2D eigenvalue weighted by atomic mass is 9.90. The van der Waals surface area contributed by atoms with Crippen molar-refractivity contribution in [2.24, 2.45) is 4.99 Å². The summed E-state index contributed by atoms with van der Waals surface area (Å²) in [5.41, 5.74) is 14.0. The Morgan fingerprint density at radius 1 is 0.750 bits per heavy atom. The Bertz CT molecular complexity index is 2000. The van der Waals surface area contributed by atoms with E-state index >= 15 is 0 Å². The first-order valence-electron chi connectivity index (χ1n) is 14.1. The number of aliphatic imine (C=N–C) groups is 1. The number of fused-ring (bicyclic) bond motifs is 5. The SMILES string of the molecule is C=NCc1ccc(-c2ccc3c(-c4ccccc4C)c(C)n4c5ccccc5c(C5=CCCC=C5)c4c3c2)cc1. The molecular formula is C38H32N2. The van der Waals surface area contributed by atoms with Gasteiger partial charge >= 0.3 is 0 Å². The van der Waals surface area contributed by atoms with Gasteiger partial charge in [-0.2, -0.15) is 0 Å². The zero-order valence-electron chi connectivity index (χ0n) is 23.1. The molecule has 1 aliphatic rings. The Kier molecular flexibility index (Phi) is 5.97. The highest BCUT2D eigenvalue weighted by atomic mass is 14.9. The number of para-hydroxylation sites is 1. The summed E-state index contributed by atoms with van der Waals surface area (Å²) in [4.78, 5) is 4.05. The molecule has 0 atom stereocenters. The number of pyridine rings is 1. The smallest absolute Gasteiger partial charge is 0.0632 e. The van der Waals surface area contributed by atoms with Crippen LogP contribution in [0.2, 0.25) is 0 Å². The maximum Gasteiger partial charge on any atom is 0.0632 e. The van der Waals surface area contributed by atoms with E-state index in [0.29, 0.717) is 6.54 Å². The van der Waals surface area contributed by atoms with Gasteiger partial charge in [-0.15, -0.1) is 0 Å². The van der Waals surface area contributed by atoms with Crippen molar-refractivity contribution in [2.75, 3.05) is 0 Å². The number of nitrogens with zero attached hydrogens (tertiary/aromatic N) is 2. The van der Waals surface area contributed by atoms with Gasteiger partial charge in [-0.1, -0.05) is 97.1 Å². The molecule has 0 saturated heterocycles. The van der Waals surface area contributed by atoms with E-state index in [4.69, 9.17) is 0 Å². The van der Waals surface area contributed by atoms with Crippen LogP contribution in [0.1, 0.15) is 35.2 Å². The Balaban J connectivity index is 1.64. The Hall–Kier alpha value is -4.69. The molecule has 0 amide bonds. The van der Waals surface area contributed by atoms with Gasteiger partial charge in [-0.25, -0.2) is 0 Å². The molecule has 0 saturated carbocycles. The summed E-state index contributed by atoms with van der Waals surface area (Å²) < 4.78 is 2.51. The van der Waals surface area contributed by atoms with Crippen LogP contribution in [-0.2, 0) is 6.54 Å². The molecule has 0 bridgehead atoms. The van der Waals surface area contributed by atoms with Gasteiger partial charge in [-0.05, 0) is 84.3 Å². The third-order valence-corrected chi connectivity index (χ3v) is 8.40. The molecule has 0 radical (unpaired) electrons. The Morgan fingerprint density at radius 2 is 1.52 bits per heavy atom. The van der Waals surface area contributed by atoms with Crippen molar-refractivity contribution in [2.45, 2.75) is 33.2 Å². The molecule has 1 aliphatic carbocycles. The molecule has 2 heteroatoms. The summed E-state index contributed by atoms with van der Waals surface area (Å²) >= 11 is 0. The van der Waals surface area contributed by atoms with Gasteiger partial charge in [0.25, 0.3) is 0 Å². The normalized spacial score (nSPS) is 13.3. The Labute approximate surface area is 235 Å². The van der Waals surface area contributed by atoms with Crippen molar-refractivity contribution in [1.82, 2.24) is 4.40 Å². The van der Waals surface area contributed by atoms with Gasteiger partial charge in [0.15, 0.2) is 0 Å². The van der Waals surface area contributed by atoms with Gasteiger partial charge in [-0.3, -0.25) is 4.99 Å². The van der Waals surface area contributed by atoms with Crippen molar-refractivity contribution >= 4 is 39.5 Å². The molecule has 2 nitrogen and oxygen atoms in total. The second kappa shape index (κ2) is 9.81. The van der Waals surface area contributed by atoms with Crippen LogP contribution in [0.25, 0.3) is 55.0 Å². The fraction of sp³-hybridized carbons (Fsp3) is 0.132. The van der Waals surface area contributed by atoms with Crippen molar-refractivity contribution < 1.29 is 0 Å². The monoisotopic (exact) mass is 516 g/mol. The number of aryl methyl sites for hydroxylation is 2. The largest absolute Gasteiger partial charge is 0.312 e. The molecule has 2 aromatic heterocycles. The van der Waals surface area contributed by atoms with Gasteiger partial charge in [0.1, 0.15) is 0 Å². The van der Waals surface area contributed by atoms with Crippen molar-refractivity contribution in [1.29, 1.82) is 0 Å². The highest BCUT2D eigenvalue weighted by Crippen LogP contribution is 2.44. The highest BCUT2D eigenvalue weighted by molar-refractivity contribution is 6.16. The van der Waals surface area contributed by atoms with Gasteiger partial charge in [0, 0.05) is 27.6 Å². The topological polar surface area (TPSA) is 16.8 Å². The molecule has 0 unspecified atom stereocenters. The molecule has 0 spiro atoms. The molecule has 6 aromatic rings. The number of hydrogen-bond acceptors (Lipinski definition) is 1. The number of aromatic nitrogens is 1. The molecule has 7 rings (SSSR count). The molecule has 0 aliphatic heterocycles. The zero-order valence-corrected chi connectivity index (χ0v) is 23.1. The second-order valence-electron chi connectivity index (χ2n) is 10.8. The van der Waals surface area contributed by atoms with Crippen LogP contribution >= 0.6 is 0 Å². The lowest BCUT2D eigenvalue weighted by Crippen LogP contribution is -1.99. The standard InChI is InChI=1S/C38H32N2/c1-25-11-7-8-14-31(25)36-26(2)40-35-16-10-9-15-33(35)37(29-12-5-4-6-13-29)38(40)34-23-30(21-22-32(34)36)28-19-17-27(18-20-28)24-39-3/h5,7-23H,3-4,6,24H2,1-2H3. The van der Waals surface area contributed by atoms with E-state index in [1.807, 2.05) is 0 Å². The number of rotatable bonds is 5. The van der Waals surface area contributed by atoms with Gasteiger partial charge in [0.05, 0.1) is 17.6 Å². The molecule has 0 fully saturated rings. The summed E-state index contributed by atoms with van der Waals surface area (Å²) in [6.07, 6.45) is 9.22. The fourth-order valence-electron chi connectivity index (χ4n) is 6.50. The second-order valence-corrected chi connectivity index (χ2v) is 10.8. The molecule has 2 heterocycles. The van der Waals surface area contributed by atoms with Crippen LogP contribution < -0.4 is 0 Å². The van der Waals surface area contributed by atoms with Crippen LogP contribution in [0.3, 0.4) is 0 Å². The molecule has 4 aromatic carbocycles. The fourth-order valence-corrected chi connectivity index (χ4v) is 6.50. The van der Waals surface area contributed by atoms with E-state index in [-0.39, 0.29) is 0 Å². The average Bonchev–Trinajstić information content (AvgIpc) is 3.35. The van der Waals surface area contributed by atoms with Crippen LogP contribution in [0.15, 0.2) is 114 Å². The van der Waals surface area contributed by atoms with Gasteiger partial charge < -0.3 is 4.40 Å². The first-order chi connectivity index (χ1) is 19.7. The van der Waals surface area contributed by atoms with E-state index in [0.717, 1.165) is 12.8 Å². The minimum absolute atomic E-state index is 0.639. The minimum Gasteiger partial charge on any atom is -0.312 e. The van der Waals surface area contributed by atoms with E-state index in [1.165, 1.54) is 77.4 Å². The first-order valence-corrected chi connectivity index (χ1v) is 14.1. The van der Waals surface area contributed by atoms with Crippen LogP contribution in [0.5, 0.6) is 0 Å². The van der Waals surface area contributed by atoms with E-state index in [2.05, 4.69) is 139 Å². The van der Waals surface area contributed by atoms with Crippen LogP contribution in [0.4, 0.5) is 0 Å². The molecule has 40 heavy (non-hydrogen) atoms. The first kappa shape index (κ1) is 24.4. The van der Waals surface area contributed by atoms with Crippen LogP contribution in [-0.4, -0.2) is 11.1 Å². The zero-order chi connectivity index (χ0) is 27.2. The lowest BCUT2D eigenvalue weighted by molar-refractivity contribution is 1.04. The third-order valence-electron chi connectivity index (χ3n) is 8.40. The summed E-state index contributed by atoms with van der Waals surface area (Å²) in [5.74, 6) is 0. The van der Waals surface area contributed by atoms with Crippen molar-refractivity contribution in [3.63, 3.8) is 0 Å². The summed E-state index contributed by atoms with van der Waals surface area (Å²) in [6, 6.07) is 33.4. The summed E-state index contributed by atoms with van der Waals surface area (Å²) in [6.45, 7) is 8.79. The average molecular weight is 517 g/mol. The maximum atomic E-state index is 4.05. The molecule has 194 valence electrons. The third kappa shape index (κ3) is 3.83. The highest BCUT2D eigenvalue weighted by Gasteiger charge is 2.23. The van der Waals surface area contributed by atoms with Crippen molar-refractivity contribution in [3.05, 3.63) is 132 Å². The quantitative estimate of drug-likeness (QED) is 0.203. The predicted molar refractivity (Wildman–Crippen MR) is 172 cm³/mol. The van der Waals surface area contributed by atoms with Crippen LogP contribution in [0, 0.1) is 13.8 Å². The lowest BCUT2D eigenvalue weighted by Gasteiger charge is -2.19. The predicted octanol–water partition coefficient (Wildman–Crippen LogP) is 10.1. The molecule has 0 N–H and O–H groups in total. The number of hydrogen-bond donors (Lipinski definition) is 0.